The molecule has 0 spiro atoms. The van der Waals surface area contributed by atoms with E-state index in [0.717, 1.165) is 63.6 Å². The molecule has 2 aliphatic rings. The molecule has 1 aliphatic carbocycles. The summed E-state index contributed by atoms with van der Waals surface area (Å²) in [6.45, 7) is 4.78. The number of halogens is 1. The first-order valence-corrected chi connectivity index (χ1v) is 8.98. The number of nitrogens with zero attached hydrogens (tertiary/aromatic N) is 1. The summed E-state index contributed by atoms with van der Waals surface area (Å²) in [6.07, 6.45) is 4.53. The molecule has 1 aromatic carbocycles. The van der Waals surface area contributed by atoms with E-state index in [-0.39, 0.29) is 11.9 Å². The van der Waals surface area contributed by atoms with Crippen molar-refractivity contribution in [2.75, 3.05) is 32.8 Å². The highest BCUT2D eigenvalue weighted by Gasteiger charge is 2.25. The molecule has 0 saturated carbocycles. The van der Waals surface area contributed by atoms with Gasteiger partial charge in [-0.25, -0.2) is 0 Å². The number of fused-ring (bicyclic) bond motifs is 1. The van der Waals surface area contributed by atoms with Gasteiger partial charge in [-0.1, -0.05) is 23.7 Å². The molecule has 0 radical (unpaired) electrons. The Morgan fingerprint density at radius 2 is 2.13 bits per heavy atom. The van der Waals surface area contributed by atoms with E-state index in [4.69, 9.17) is 16.3 Å². The Kier molecular flexibility index (Phi) is 5.92. The van der Waals surface area contributed by atoms with Gasteiger partial charge >= 0.3 is 0 Å². The van der Waals surface area contributed by atoms with Crippen LogP contribution in [-0.4, -0.2) is 43.7 Å². The first-order valence-electron chi connectivity index (χ1n) is 8.61. The van der Waals surface area contributed by atoms with Crippen LogP contribution in [0.2, 0.25) is 5.02 Å². The van der Waals surface area contributed by atoms with E-state index >= 15 is 0 Å². The number of hydrogen-bond donors (Lipinski definition) is 1. The van der Waals surface area contributed by atoms with E-state index in [2.05, 4.69) is 16.3 Å². The van der Waals surface area contributed by atoms with Crippen LogP contribution < -0.4 is 5.32 Å². The van der Waals surface area contributed by atoms with Crippen molar-refractivity contribution < 1.29 is 9.53 Å². The Labute approximate surface area is 143 Å². The van der Waals surface area contributed by atoms with Crippen molar-refractivity contribution >= 4 is 17.5 Å². The van der Waals surface area contributed by atoms with Gasteiger partial charge in [0.15, 0.2) is 0 Å². The lowest BCUT2D eigenvalue weighted by Crippen LogP contribution is -2.36. The zero-order valence-electron chi connectivity index (χ0n) is 13.5. The number of unbranched alkanes of at least 4 members (excludes halogenated alkanes) is 1. The molecule has 1 saturated heterocycles. The average molecular weight is 337 g/mol. The number of carbonyl (C=O) groups is 1. The minimum atomic E-state index is 0.135. The Morgan fingerprint density at radius 1 is 1.30 bits per heavy atom. The Balaban J connectivity index is 1.38. The lowest BCUT2D eigenvalue weighted by Gasteiger charge is -2.26. The van der Waals surface area contributed by atoms with Crippen LogP contribution in [0.4, 0.5) is 0 Å². The maximum absolute atomic E-state index is 12.2. The molecule has 1 N–H and O–H groups in total. The molecule has 0 aromatic heterocycles. The second kappa shape index (κ2) is 8.13. The van der Waals surface area contributed by atoms with Gasteiger partial charge in [0.25, 0.3) is 0 Å². The fourth-order valence-electron chi connectivity index (χ4n) is 3.47. The van der Waals surface area contributed by atoms with Crippen LogP contribution in [0.15, 0.2) is 18.2 Å². The normalized spacial score (nSPS) is 21.2. The number of ether oxygens (including phenoxy) is 1. The van der Waals surface area contributed by atoms with Gasteiger partial charge in [0.2, 0.25) is 5.91 Å². The standard InChI is InChI=1S/C18H25ClN2O2/c19-16-5-3-4-15-14(16)7-8-17(15)20-18(22)6-1-2-9-21-10-12-23-13-11-21/h3-5,17H,1-2,6-13H2,(H,20,22)/t17-/m1/s1. The number of morpholine rings is 1. The highest BCUT2D eigenvalue weighted by molar-refractivity contribution is 6.31. The third-order valence-electron chi connectivity index (χ3n) is 4.78. The summed E-state index contributed by atoms with van der Waals surface area (Å²) in [5.74, 6) is 0.157. The molecule has 1 atom stereocenters. The lowest BCUT2D eigenvalue weighted by atomic mass is 10.1. The molecule has 126 valence electrons. The summed E-state index contributed by atoms with van der Waals surface area (Å²) < 4.78 is 5.34. The highest BCUT2D eigenvalue weighted by atomic mass is 35.5. The topological polar surface area (TPSA) is 41.6 Å². The Morgan fingerprint density at radius 3 is 2.96 bits per heavy atom. The van der Waals surface area contributed by atoms with Crippen molar-refractivity contribution in [2.24, 2.45) is 0 Å². The predicted octanol–water partition coefficient (Wildman–Crippen LogP) is 2.95. The van der Waals surface area contributed by atoms with Crippen molar-refractivity contribution in [3.63, 3.8) is 0 Å². The van der Waals surface area contributed by atoms with Gasteiger partial charge in [-0.3, -0.25) is 9.69 Å². The fourth-order valence-corrected chi connectivity index (χ4v) is 3.75. The molecule has 1 amide bonds. The molecule has 1 aliphatic heterocycles. The van der Waals surface area contributed by atoms with Gasteiger partial charge < -0.3 is 10.1 Å². The van der Waals surface area contributed by atoms with Crippen molar-refractivity contribution in [1.29, 1.82) is 0 Å². The van der Waals surface area contributed by atoms with Crippen molar-refractivity contribution in [3.8, 4) is 0 Å². The smallest absolute Gasteiger partial charge is 0.220 e. The van der Waals surface area contributed by atoms with E-state index in [1.165, 1.54) is 11.1 Å². The first kappa shape index (κ1) is 16.7. The van der Waals surface area contributed by atoms with E-state index in [1.807, 2.05) is 12.1 Å². The van der Waals surface area contributed by atoms with Crippen LogP contribution >= 0.6 is 11.6 Å². The minimum Gasteiger partial charge on any atom is -0.379 e. The minimum absolute atomic E-state index is 0.135. The summed E-state index contributed by atoms with van der Waals surface area (Å²) >= 11 is 6.22. The zero-order valence-corrected chi connectivity index (χ0v) is 14.3. The van der Waals surface area contributed by atoms with Crippen molar-refractivity contribution in [1.82, 2.24) is 10.2 Å². The quantitative estimate of drug-likeness (QED) is 0.812. The summed E-state index contributed by atoms with van der Waals surface area (Å²) in [5, 5.41) is 3.99. The Hall–Kier alpha value is -1.10. The van der Waals surface area contributed by atoms with Crippen LogP contribution in [0, 0.1) is 0 Å². The summed E-state index contributed by atoms with van der Waals surface area (Å²) in [5.41, 5.74) is 2.39. The molecular weight excluding hydrogens is 312 g/mol. The Bertz CT molecular complexity index is 544. The van der Waals surface area contributed by atoms with E-state index in [0.29, 0.717) is 6.42 Å². The molecule has 4 nitrogen and oxygen atoms in total. The molecule has 0 bridgehead atoms. The molecule has 5 heteroatoms. The summed E-state index contributed by atoms with van der Waals surface area (Å²) in [6, 6.07) is 6.11. The van der Waals surface area contributed by atoms with Gasteiger partial charge in [-0.15, -0.1) is 0 Å². The molecule has 1 aromatic rings. The molecule has 3 rings (SSSR count). The average Bonchev–Trinajstić information content (AvgIpc) is 2.97. The van der Waals surface area contributed by atoms with Gasteiger partial charge in [0.1, 0.15) is 0 Å². The molecule has 1 fully saturated rings. The maximum Gasteiger partial charge on any atom is 0.220 e. The van der Waals surface area contributed by atoms with Crippen LogP contribution in [0.5, 0.6) is 0 Å². The number of carbonyl (C=O) groups excluding carboxylic acids is 1. The molecule has 0 unspecified atom stereocenters. The first-order chi connectivity index (χ1) is 11.2. The highest BCUT2D eigenvalue weighted by Crippen LogP contribution is 2.35. The lowest BCUT2D eigenvalue weighted by molar-refractivity contribution is -0.122. The number of rotatable bonds is 6. The van der Waals surface area contributed by atoms with Crippen LogP contribution in [-0.2, 0) is 16.0 Å². The largest absolute Gasteiger partial charge is 0.379 e. The summed E-state index contributed by atoms with van der Waals surface area (Å²) in [7, 11) is 0. The van der Waals surface area contributed by atoms with Crippen LogP contribution in [0.25, 0.3) is 0 Å². The second-order valence-electron chi connectivity index (χ2n) is 6.38. The van der Waals surface area contributed by atoms with Gasteiger partial charge in [0, 0.05) is 24.5 Å². The monoisotopic (exact) mass is 336 g/mol. The molecule has 23 heavy (non-hydrogen) atoms. The van der Waals surface area contributed by atoms with E-state index in [1.54, 1.807) is 0 Å². The zero-order chi connectivity index (χ0) is 16.1. The maximum atomic E-state index is 12.2. The number of hydrogen-bond acceptors (Lipinski definition) is 3. The molecule has 1 heterocycles. The predicted molar refractivity (Wildman–Crippen MR) is 91.8 cm³/mol. The third kappa shape index (κ3) is 4.46. The van der Waals surface area contributed by atoms with E-state index in [9.17, 15) is 4.79 Å². The number of nitrogens with one attached hydrogen (secondary N) is 1. The third-order valence-corrected chi connectivity index (χ3v) is 5.13. The number of benzene rings is 1. The number of amides is 1. The molecular formula is C18H25ClN2O2. The van der Waals surface area contributed by atoms with Gasteiger partial charge in [-0.05, 0) is 49.4 Å². The summed E-state index contributed by atoms with van der Waals surface area (Å²) in [4.78, 5) is 14.6. The van der Waals surface area contributed by atoms with Crippen molar-refractivity contribution in [2.45, 2.75) is 38.1 Å². The van der Waals surface area contributed by atoms with Crippen molar-refractivity contribution in [3.05, 3.63) is 34.3 Å². The SMILES string of the molecule is O=C(CCCCN1CCOCC1)N[C@@H]1CCc2c(Cl)cccc21. The van der Waals surface area contributed by atoms with Gasteiger partial charge in [0.05, 0.1) is 19.3 Å². The fraction of sp³-hybridized carbons (Fsp3) is 0.611. The second-order valence-corrected chi connectivity index (χ2v) is 6.78. The van der Waals surface area contributed by atoms with Gasteiger partial charge in [-0.2, -0.15) is 0 Å². The van der Waals surface area contributed by atoms with Crippen LogP contribution in [0.1, 0.15) is 42.9 Å². The van der Waals surface area contributed by atoms with E-state index < -0.39 is 0 Å². The van der Waals surface area contributed by atoms with Crippen LogP contribution in [0.3, 0.4) is 0 Å².